The SMILES string of the molecule is CC1(CNC2CCCC2)CCNCC1. The van der Waals surface area contributed by atoms with Crippen LogP contribution in [-0.4, -0.2) is 25.7 Å². The molecule has 0 atom stereocenters. The molecule has 1 aliphatic heterocycles. The highest BCUT2D eigenvalue weighted by molar-refractivity contribution is 4.85. The second-order valence-electron chi connectivity index (χ2n) is 5.42. The van der Waals surface area contributed by atoms with E-state index < -0.39 is 0 Å². The number of hydrogen-bond acceptors (Lipinski definition) is 2. The van der Waals surface area contributed by atoms with Crippen LogP contribution in [0.15, 0.2) is 0 Å². The molecule has 82 valence electrons. The van der Waals surface area contributed by atoms with Crippen molar-refractivity contribution in [2.75, 3.05) is 19.6 Å². The van der Waals surface area contributed by atoms with Crippen molar-refractivity contribution < 1.29 is 0 Å². The quantitative estimate of drug-likeness (QED) is 0.720. The summed E-state index contributed by atoms with van der Waals surface area (Å²) in [4.78, 5) is 0. The molecule has 2 nitrogen and oxygen atoms in total. The van der Waals surface area contributed by atoms with Crippen LogP contribution in [0.4, 0.5) is 0 Å². The molecule has 1 saturated heterocycles. The Bertz CT molecular complexity index is 167. The van der Waals surface area contributed by atoms with Gasteiger partial charge < -0.3 is 10.6 Å². The van der Waals surface area contributed by atoms with Gasteiger partial charge in [0.2, 0.25) is 0 Å². The van der Waals surface area contributed by atoms with Crippen molar-refractivity contribution in [3.05, 3.63) is 0 Å². The summed E-state index contributed by atoms with van der Waals surface area (Å²) in [5, 5.41) is 7.20. The van der Waals surface area contributed by atoms with Crippen molar-refractivity contribution in [1.29, 1.82) is 0 Å². The van der Waals surface area contributed by atoms with Crippen LogP contribution in [0.3, 0.4) is 0 Å². The van der Waals surface area contributed by atoms with Crippen molar-refractivity contribution in [1.82, 2.24) is 10.6 Å². The first-order valence-electron chi connectivity index (χ1n) is 6.23. The molecule has 1 heterocycles. The van der Waals surface area contributed by atoms with Gasteiger partial charge in [-0.15, -0.1) is 0 Å². The van der Waals surface area contributed by atoms with Crippen LogP contribution >= 0.6 is 0 Å². The van der Waals surface area contributed by atoms with E-state index in [4.69, 9.17) is 0 Å². The summed E-state index contributed by atoms with van der Waals surface area (Å²) in [7, 11) is 0. The third-order valence-corrected chi connectivity index (χ3v) is 3.98. The van der Waals surface area contributed by atoms with E-state index in [9.17, 15) is 0 Å². The zero-order valence-electron chi connectivity index (χ0n) is 9.44. The normalized spacial score (nSPS) is 28.1. The second-order valence-corrected chi connectivity index (χ2v) is 5.42. The summed E-state index contributed by atoms with van der Waals surface area (Å²) >= 11 is 0. The second kappa shape index (κ2) is 4.63. The monoisotopic (exact) mass is 196 g/mol. The molecule has 0 aromatic heterocycles. The lowest BCUT2D eigenvalue weighted by Gasteiger charge is -2.35. The van der Waals surface area contributed by atoms with Crippen molar-refractivity contribution in [3.63, 3.8) is 0 Å². The maximum absolute atomic E-state index is 3.76. The molecule has 1 aliphatic carbocycles. The molecule has 0 amide bonds. The van der Waals surface area contributed by atoms with Crippen molar-refractivity contribution >= 4 is 0 Å². The highest BCUT2D eigenvalue weighted by Crippen LogP contribution is 2.28. The average Bonchev–Trinajstić information content (AvgIpc) is 2.69. The van der Waals surface area contributed by atoms with E-state index in [0.717, 1.165) is 6.04 Å². The third-order valence-electron chi connectivity index (χ3n) is 3.98. The fourth-order valence-corrected chi connectivity index (χ4v) is 2.73. The molecule has 14 heavy (non-hydrogen) atoms. The number of piperidine rings is 1. The predicted octanol–water partition coefficient (Wildman–Crippen LogP) is 1.91. The summed E-state index contributed by atoms with van der Waals surface area (Å²) in [6.45, 7) is 6.10. The topological polar surface area (TPSA) is 24.1 Å². The number of hydrogen-bond donors (Lipinski definition) is 2. The van der Waals surface area contributed by atoms with Crippen molar-refractivity contribution in [2.45, 2.75) is 51.5 Å². The molecule has 2 heteroatoms. The molecule has 2 fully saturated rings. The Balaban J connectivity index is 1.72. The molecule has 0 radical (unpaired) electrons. The largest absolute Gasteiger partial charge is 0.317 e. The van der Waals surface area contributed by atoms with Gasteiger partial charge in [0.15, 0.2) is 0 Å². The maximum atomic E-state index is 3.76. The van der Waals surface area contributed by atoms with Gasteiger partial charge in [-0.25, -0.2) is 0 Å². The predicted molar refractivity (Wildman–Crippen MR) is 60.5 cm³/mol. The lowest BCUT2D eigenvalue weighted by atomic mass is 9.81. The number of rotatable bonds is 3. The first-order chi connectivity index (χ1) is 6.79. The van der Waals surface area contributed by atoms with Crippen LogP contribution in [0, 0.1) is 5.41 Å². The standard InChI is InChI=1S/C12H24N2/c1-12(6-8-13-9-7-12)10-14-11-4-2-3-5-11/h11,13-14H,2-10H2,1H3. The lowest BCUT2D eigenvalue weighted by Crippen LogP contribution is -2.43. The molecular weight excluding hydrogens is 172 g/mol. The summed E-state index contributed by atoms with van der Waals surface area (Å²) in [5.41, 5.74) is 0.563. The van der Waals surface area contributed by atoms with Gasteiger partial charge in [0.05, 0.1) is 0 Å². The van der Waals surface area contributed by atoms with Crippen LogP contribution in [0.2, 0.25) is 0 Å². The van der Waals surface area contributed by atoms with Crippen molar-refractivity contribution in [3.8, 4) is 0 Å². The minimum atomic E-state index is 0.563. The highest BCUT2D eigenvalue weighted by Gasteiger charge is 2.27. The summed E-state index contributed by atoms with van der Waals surface area (Å²) in [5.74, 6) is 0. The van der Waals surface area contributed by atoms with Gasteiger partial charge in [-0.05, 0) is 44.2 Å². The van der Waals surface area contributed by atoms with E-state index >= 15 is 0 Å². The first kappa shape index (κ1) is 10.4. The molecule has 0 aromatic carbocycles. The molecule has 0 unspecified atom stereocenters. The average molecular weight is 196 g/mol. The number of nitrogens with one attached hydrogen (secondary N) is 2. The van der Waals surface area contributed by atoms with Gasteiger partial charge in [0, 0.05) is 12.6 Å². The molecule has 2 N–H and O–H groups in total. The Labute approximate surface area is 87.8 Å². The van der Waals surface area contributed by atoms with Crippen molar-refractivity contribution in [2.24, 2.45) is 5.41 Å². The Morgan fingerprint density at radius 1 is 1.21 bits per heavy atom. The van der Waals surface area contributed by atoms with Gasteiger partial charge in [0.1, 0.15) is 0 Å². The van der Waals surface area contributed by atoms with E-state index in [1.807, 2.05) is 0 Å². The molecule has 1 saturated carbocycles. The van der Waals surface area contributed by atoms with Gasteiger partial charge >= 0.3 is 0 Å². The minimum absolute atomic E-state index is 0.563. The van der Waals surface area contributed by atoms with Crippen LogP contribution in [0.1, 0.15) is 45.4 Å². The van der Waals surface area contributed by atoms with Crippen LogP contribution in [-0.2, 0) is 0 Å². The third kappa shape index (κ3) is 2.71. The summed E-state index contributed by atoms with van der Waals surface area (Å²) in [6, 6.07) is 0.835. The van der Waals surface area contributed by atoms with E-state index in [0.29, 0.717) is 5.41 Å². The molecule has 0 aromatic rings. The lowest BCUT2D eigenvalue weighted by molar-refractivity contribution is 0.212. The maximum Gasteiger partial charge on any atom is 0.00672 e. The van der Waals surface area contributed by atoms with Crippen LogP contribution < -0.4 is 10.6 Å². The fourth-order valence-electron chi connectivity index (χ4n) is 2.73. The molecule has 0 spiro atoms. The van der Waals surface area contributed by atoms with Gasteiger partial charge in [-0.3, -0.25) is 0 Å². The van der Waals surface area contributed by atoms with Gasteiger partial charge in [-0.1, -0.05) is 19.8 Å². The first-order valence-corrected chi connectivity index (χ1v) is 6.23. The van der Waals surface area contributed by atoms with Gasteiger partial charge in [-0.2, -0.15) is 0 Å². The van der Waals surface area contributed by atoms with E-state index in [-0.39, 0.29) is 0 Å². The molecule has 2 aliphatic rings. The van der Waals surface area contributed by atoms with E-state index in [1.54, 1.807) is 0 Å². The summed E-state index contributed by atoms with van der Waals surface area (Å²) < 4.78 is 0. The van der Waals surface area contributed by atoms with E-state index in [2.05, 4.69) is 17.6 Å². The fraction of sp³-hybridized carbons (Fsp3) is 1.00. The zero-order valence-corrected chi connectivity index (χ0v) is 9.44. The molecule has 2 rings (SSSR count). The summed E-state index contributed by atoms with van der Waals surface area (Å²) in [6.07, 6.45) is 8.38. The minimum Gasteiger partial charge on any atom is -0.317 e. The smallest absolute Gasteiger partial charge is 0.00672 e. The Morgan fingerprint density at radius 2 is 1.86 bits per heavy atom. The Morgan fingerprint density at radius 3 is 2.50 bits per heavy atom. The Kier molecular flexibility index (Phi) is 3.45. The molecular formula is C12H24N2. The molecule has 0 bridgehead atoms. The van der Waals surface area contributed by atoms with Gasteiger partial charge in [0.25, 0.3) is 0 Å². The Hall–Kier alpha value is -0.0800. The highest BCUT2D eigenvalue weighted by atomic mass is 14.9. The zero-order chi connectivity index (χ0) is 9.86. The van der Waals surface area contributed by atoms with E-state index in [1.165, 1.54) is 58.2 Å². The van der Waals surface area contributed by atoms with Crippen LogP contribution in [0.5, 0.6) is 0 Å². The van der Waals surface area contributed by atoms with Crippen LogP contribution in [0.25, 0.3) is 0 Å².